The molecule has 2 amide bonds. The minimum absolute atomic E-state index is 0.0918. The lowest BCUT2D eigenvalue weighted by atomic mass is 10.1. The summed E-state index contributed by atoms with van der Waals surface area (Å²) in [5.41, 5.74) is 7.13. The normalized spacial score (nSPS) is 14.3. The highest BCUT2D eigenvalue weighted by Crippen LogP contribution is 2.24. The number of rotatable bonds is 0. The largest absolute Gasteiger partial charge is 0.465 e. The molecule has 5 nitrogen and oxygen atoms in total. The van der Waals surface area contributed by atoms with Crippen LogP contribution in [0.4, 0.5) is 10.5 Å². The molecule has 72 valence electrons. The quantitative estimate of drug-likeness (QED) is 0.598. The van der Waals surface area contributed by atoms with Gasteiger partial charge in [0.1, 0.15) is 0 Å². The molecule has 1 heterocycles. The van der Waals surface area contributed by atoms with Gasteiger partial charge in [0.05, 0.1) is 6.54 Å². The number of nitrogens with two attached hydrogens (primary N) is 1. The first-order valence-electron chi connectivity index (χ1n) is 4.03. The van der Waals surface area contributed by atoms with E-state index >= 15 is 0 Å². The fourth-order valence-electron chi connectivity index (χ4n) is 1.50. The first-order chi connectivity index (χ1) is 6.59. The number of nitrogens with zero attached hydrogens (tertiary/aromatic N) is 1. The Bertz CT molecular complexity index is 428. The summed E-state index contributed by atoms with van der Waals surface area (Å²) in [6.07, 6.45) is -1.23. The summed E-state index contributed by atoms with van der Waals surface area (Å²) in [4.78, 5) is 22.9. The lowest BCUT2D eigenvalue weighted by molar-refractivity contribution is 0.0764. The molecule has 14 heavy (non-hydrogen) atoms. The summed E-state index contributed by atoms with van der Waals surface area (Å²) in [5.74, 6) is -0.479. The molecule has 2 rings (SSSR count). The highest BCUT2D eigenvalue weighted by Gasteiger charge is 2.31. The van der Waals surface area contributed by atoms with Crippen molar-refractivity contribution in [3.63, 3.8) is 0 Å². The minimum atomic E-state index is -1.23. The van der Waals surface area contributed by atoms with Crippen molar-refractivity contribution in [1.29, 1.82) is 0 Å². The predicted octanol–water partition coefficient (Wildman–Crippen LogP) is 0.903. The van der Waals surface area contributed by atoms with Crippen molar-refractivity contribution in [1.82, 2.24) is 4.90 Å². The molecule has 0 saturated carbocycles. The highest BCUT2D eigenvalue weighted by molar-refractivity contribution is 6.06. The standard InChI is InChI=1S/C9H8N2O3/c10-6-1-2-7-5(3-6)4-11(8(7)12)9(13)14/h1-3H,4,10H2,(H,13,14). The molecule has 3 N–H and O–H groups in total. The first-order valence-corrected chi connectivity index (χ1v) is 4.03. The molecular weight excluding hydrogens is 184 g/mol. The summed E-state index contributed by atoms with van der Waals surface area (Å²) in [7, 11) is 0. The second kappa shape index (κ2) is 2.73. The Morgan fingerprint density at radius 3 is 2.86 bits per heavy atom. The smallest absolute Gasteiger partial charge is 0.414 e. The van der Waals surface area contributed by atoms with Gasteiger partial charge in [-0.05, 0) is 23.8 Å². The number of anilines is 1. The SMILES string of the molecule is Nc1ccc2c(c1)CN(C(=O)O)C2=O. The van der Waals surface area contributed by atoms with E-state index in [2.05, 4.69) is 0 Å². The summed E-state index contributed by atoms with van der Waals surface area (Å²) >= 11 is 0. The van der Waals surface area contributed by atoms with Gasteiger partial charge in [0.15, 0.2) is 0 Å². The van der Waals surface area contributed by atoms with Crippen LogP contribution in [0.25, 0.3) is 0 Å². The maximum absolute atomic E-state index is 11.5. The van der Waals surface area contributed by atoms with Gasteiger partial charge in [-0.1, -0.05) is 0 Å². The fourth-order valence-corrected chi connectivity index (χ4v) is 1.50. The Kier molecular flexibility index (Phi) is 1.67. The number of carboxylic acid groups (broad SMARTS) is 1. The number of carbonyl (C=O) groups is 2. The molecule has 0 unspecified atom stereocenters. The number of hydrogen-bond acceptors (Lipinski definition) is 3. The van der Waals surface area contributed by atoms with Crippen LogP contribution in [-0.4, -0.2) is 22.0 Å². The van der Waals surface area contributed by atoms with E-state index in [-0.39, 0.29) is 6.54 Å². The third-order valence-corrected chi connectivity index (χ3v) is 2.16. The molecule has 0 radical (unpaired) electrons. The van der Waals surface area contributed by atoms with E-state index in [4.69, 9.17) is 10.8 Å². The summed E-state index contributed by atoms with van der Waals surface area (Å²) in [5, 5.41) is 8.70. The van der Waals surface area contributed by atoms with Crippen LogP contribution < -0.4 is 5.73 Å². The molecule has 1 aromatic carbocycles. The molecular formula is C9H8N2O3. The number of carbonyl (C=O) groups excluding carboxylic acids is 1. The Labute approximate surface area is 79.7 Å². The molecule has 0 saturated heterocycles. The van der Waals surface area contributed by atoms with Gasteiger partial charge >= 0.3 is 6.09 Å². The zero-order valence-corrected chi connectivity index (χ0v) is 7.23. The average Bonchev–Trinajstić information content (AvgIpc) is 2.43. The third kappa shape index (κ3) is 1.10. The number of imide groups is 1. The van der Waals surface area contributed by atoms with E-state index < -0.39 is 12.0 Å². The van der Waals surface area contributed by atoms with Crippen molar-refractivity contribution in [3.05, 3.63) is 29.3 Å². The number of amides is 2. The molecule has 0 aliphatic carbocycles. The molecule has 1 aliphatic heterocycles. The maximum Gasteiger partial charge on any atom is 0.414 e. The van der Waals surface area contributed by atoms with E-state index in [0.717, 1.165) is 4.90 Å². The zero-order chi connectivity index (χ0) is 10.3. The van der Waals surface area contributed by atoms with Crippen molar-refractivity contribution in [2.24, 2.45) is 0 Å². The molecule has 0 fully saturated rings. The number of fused-ring (bicyclic) bond motifs is 1. The molecule has 1 aromatic rings. The van der Waals surface area contributed by atoms with Gasteiger partial charge in [-0.3, -0.25) is 4.79 Å². The van der Waals surface area contributed by atoms with Gasteiger partial charge in [-0.2, -0.15) is 0 Å². The minimum Gasteiger partial charge on any atom is -0.465 e. The molecule has 5 heteroatoms. The van der Waals surface area contributed by atoms with E-state index in [1.165, 1.54) is 0 Å². The second-order valence-corrected chi connectivity index (χ2v) is 3.09. The first kappa shape index (κ1) is 8.55. The van der Waals surface area contributed by atoms with E-state index in [9.17, 15) is 9.59 Å². The Hall–Kier alpha value is -2.04. The topological polar surface area (TPSA) is 83.6 Å². The van der Waals surface area contributed by atoms with Gasteiger partial charge < -0.3 is 10.8 Å². The van der Waals surface area contributed by atoms with Crippen LogP contribution in [-0.2, 0) is 6.54 Å². The van der Waals surface area contributed by atoms with Crippen LogP contribution in [0.3, 0.4) is 0 Å². The Balaban J connectivity index is 2.45. The lowest BCUT2D eigenvalue weighted by Crippen LogP contribution is -2.29. The van der Waals surface area contributed by atoms with Crippen molar-refractivity contribution >= 4 is 17.7 Å². The van der Waals surface area contributed by atoms with Gasteiger partial charge in [0, 0.05) is 11.3 Å². The highest BCUT2D eigenvalue weighted by atomic mass is 16.4. The van der Waals surface area contributed by atoms with Crippen molar-refractivity contribution in [2.45, 2.75) is 6.54 Å². The van der Waals surface area contributed by atoms with Crippen LogP contribution in [0.15, 0.2) is 18.2 Å². The Morgan fingerprint density at radius 1 is 1.50 bits per heavy atom. The van der Waals surface area contributed by atoms with Gasteiger partial charge in [0.25, 0.3) is 5.91 Å². The summed E-state index contributed by atoms with van der Waals surface area (Å²) < 4.78 is 0. The fraction of sp³-hybridized carbons (Fsp3) is 0.111. The average molecular weight is 192 g/mol. The molecule has 0 spiro atoms. The molecule has 0 aromatic heterocycles. The van der Waals surface area contributed by atoms with Gasteiger partial charge in [0.2, 0.25) is 0 Å². The number of nitrogen functional groups attached to an aromatic ring is 1. The van der Waals surface area contributed by atoms with Crippen LogP contribution in [0.5, 0.6) is 0 Å². The van der Waals surface area contributed by atoms with Gasteiger partial charge in [-0.25, -0.2) is 9.69 Å². The zero-order valence-electron chi connectivity index (χ0n) is 7.23. The van der Waals surface area contributed by atoms with Crippen LogP contribution in [0.1, 0.15) is 15.9 Å². The van der Waals surface area contributed by atoms with Crippen LogP contribution in [0.2, 0.25) is 0 Å². The third-order valence-electron chi connectivity index (χ3n) is 2.16. The van der Waals surface area contributed by atoms with Crippen molar-refractivity contribution in [2.75, 3.05) is 5.73 Å². The summed E-state index contributed by atoms with van der Waals surface area (Å²) in [6.45, 7) is 0.0918. The van der Waals surface area contributed by atoms with Crippen LogP contribution in [0, 0.1) is 0 Å². The second-order valence-electron chi connectivity index (χ2n) is 3.09. The number of benzene rings is 1. The molecule has 1 aliphatic rings. The van der Waals surface area contributed by atoms with E-state index in [1.54, 1.807) is 18.2 Å². The monoisotopic (exact) mass is 192 g/mol. The molecule has 0 atom stereocenters. The lowest BCUT2D eigenvalue weighted by Gasteiger charge is -2.06. The summed E-state index contributed by atoms with van der Waals surface area (Å²) in [6, 6.07) is 4.76. The predicted molar refractivity (Wildman–Crippen MR) is 48.8 cm³/mol. The molecule has 0 bridgehead atoms. The van der Waals surface area contributed by atoms with E-state index in [0.29, 0.717) is 16.8 Å². The van der Waals surface area contributed by atoms with Gasteiger partial charge in [-0.15, -0.1) is 0 Å². The van der Waals surface area contributed by atoms with Crippen molar-refractivity contribution in [3.8, 4) is 0 Å². The van der Waals surface area contributed by atoms with Crippen molar-refractivity contribution < 1.29 is 14.7 Å². The number of hydrogen-bond donors (Lipinski definition) is 2. The maximum atomic E-state index is 11.5. The Morgan fingerprint density at radius 2 is 2.21 bits per heavy atom. The van der Waals surface area contributed by atoms with E-state index in [1.807, 2.05) is 0 Å². The van der Waals surface area contributed by atoms with Crippen LogP contribution >= 0.6 is 0 Å².